The van der Waals surface area contributed by atoms with Crippen LogP contribution in [0.15, 0.2) is 4.99 Å². The molecule has 0 aliphatic rings. The zero-order valence-electron chi connectivity index (χ0n) is 8.96. The molecule has 0 aromatic rings. The maximum Gasteiger partial charge on any atom is 0.158 e. The number of hydrogen-bond acceptors (Lipinski definition) is 2. The molecule has 0 saturated heterocycles. The van der Waals surface area contributed by atoms with Gasteiger partial charge in [0.1, 0.15) is 0 Å². The molecule has 0 amide bonds. The number of nitrogens with zero attached hydrogens (tertiary/aromatic N) is 2. The van der Waals surface area contributed by atoms with Gasteiger partial charge in [-0.05, 0) is 19.1 Å². The van der Waals surface area contributed by atoms with Crippen molar-refractivity contribution < 1.29 is 0 Å². The summed E-state index contributed by atoms with van der Waals surface area (Å²) >= 11 is 1.70. The van der Waals surface area contributed by atoms with Crippen molar-refractivity contribution in [2.45, 2.75) is 26.8 Å². The van der Waals surface area contributed by atoms with Crippen LogP contribution in [0, 0.1) is 5.92 Å². The topological polar surface area (TPSA) is 15.6 Å². The monoisotopic (exact) mass is 188 g/mol. The lowest BCUT2D eigenvalue weighted by Gasteiger charge is -2.17. The summed E-state index contributed by atoms with van der Waals surface area (Å²) in [4.78, 5) is 6.66. The van der Waals surface area contributed by atoms with Crippen LogP contribution in [0.1, 0.15) is 20.8 Å². The van der Waals surface area contributed by atoms with Crippen LogP contribution < -0.4 is 0 Å². The van der Waals surface area contributed by atoms with E-state index in [1.807, 2.05) is 14.1 Å². The molecule has 1 atom stereocenters. The van der Waals surface area contributed by atoms with Crippen LogP contribution >= 0.6 is 11.8 Å². The molecule has 0 fully saturated rings. The van der Waals surface area contributed by atoms with E-state index in [0.717, 1.165) is 5.17 Å². The third-order valence-electron chi connectivity index (χ3n) is 1.84. The maximum absolute atomic E-state index is 4.60. The van der Waals surface area contributed by atoms with Crippen LogP contribution in [-0.2, 0) is 0 Å². The standard InChI is InChI=1S/C9H20N2S/c1-7(2)8(3)10-9(12-6)11(4)5/h7-8H,1-6H3/t8-/m1/s1. The predicted molar refractivity (Wildman–Crippen MR) is 58.9 cm³/mol. The lowest BCUT2D eigenvalue weighted by molar-refractivity contribution is 0.520. The Labute approximate surface area is 80.4 Å². The Hall–Kier alpha value is -0.180. The van der Waals surface area contributed by atoms with Crippen molar-refractivity contribution in [2.75, 3.05) is 20.4 Å². The molecule has 0 aliphatic carbocycles. The first kappa shape index (κ1) is 11.8. The minimum atomic E-state index is 0.412. The molecule has 0 aromatic heterocycles. The van der Waals surface area contributed by atoms with Gasteiger partial charge < -0.3 is 4.90 Å². The van der Waals surface area contributed by atoms with Crippen LogP contribution in [0.4, 0.5) is 0 Å². The second-order valence-corrected chi connectivity index (χ2v) is 4.27. The summed E-state index contributed by atoms with van der Waals surface area (Å²) in [5.74, 6) is 0.618. The van der Waals surface area contributed by atoms with Crippen molar-refractivity contribution in [3.05, 3.63) is 0 Å². The third kappa shape index (κ3) is 4.00. The summed E-state index contributed by atoms with van der Waals surface area (Å²) in [5, 5.41) is 1.11. The molecule has 0 aliphatic heterocycles. The normalized spacial score (nSPS) is 15.1. The first-order chi connectivity index (χ1) is 5.49. The molecule has 0 saturated carbocycles. The Balaban J connectivity index is 4.27. The van der Waals surface area contributed by atoms with E-state index in [2.05, 4.69) is 36.9 Å². The van der Waals surface area contributed by atoms with Crippen LogP contribution in [-0.4, -0.2) is 36.5 Å². The van der Waals surface area contributed by atoms with E-state index in [4.69, 9.17) is 0 Å². The fourth-order valence-electron chi connectivity index (χ4n) is 0.674. The molecule has 0 heterocycles. The average Bonchev–Trinajstić information content (AvgIpc) is 1.98. The zero-order valence-corrected chi connectivity index (χ0v) is 9.77. The number of amidine groups is 1. The summed E-state index contributed by atoms with van der Waals surface area (Å²) in [5.41, 5.74) is 0. The minimum Gasteiger partial charge on any atom is -0.358 e. The fourth-order valence-corrected chi connectivity index (χ4v) is 1.31. The van der Waals surface area contributed by atoms with Gasteiger partial charge in [0.05, 0.1) is 6.04 Å². The van der Waals surface area contributed by atoms with E-state index in [0.29, 0.717) is 12.0 Å². The Morgan fingerprint density at radius 3 is 2.00 bits per heavy atom. The Bertz CT molecular complexity index is 153. The van der Waals surface area contributed by atoms with Gasteiger partial charge in [-0.15, -0.1) is 0 Å². The number of hydrogen-bond donors (Lipinski definition) is 0. The highest BCUT2D eigenvalue weighted by atomic mass is 32.2. The van der Waals surface area contributed by atoms with Gasteiger partial charge in [-0.2, -0.15) is 0 Å². The first-order valence-electron chi connectivity index (χ1n) is 4.28. The van der Waals surface area contributed by atoms with Gasteiger partial charge in [-0.3, -0.25) is 4.99 Å². The molecule has 12 heavy (non-hydrogen) atoms. The third-order valence-corrected chi connectivity index (χ3v) is 2.68. The van der Waals surface area contributed by atoms with E-state index in [1.54, 1.807) is 11.8 Å². The summed E-state index contributed by atoms with van der Waals surface area (Å²) in [7, 11) is 4.06. The van der Waals surface area contributed by atoms with Gasteiger partial charge in [0.2, 0.25) is 0 Å². The number of thioether (sulfide) groups is 1. The molecule has 2 nitrogen and oxygen atoms in total. The van der Waals surface area contributed by atoms with Crippen LogP contribution in [0.3, 0.4) is 0 Å². The molecule has 0 bridgehead atoms. The molecule has 0 radical (unpaired) electrons. The fraction of sp³-hybridized carbons (Fsp3) is 0.889. The van der Waals surface area contributed by atoms with E-state index >= 15 is 0 Å². The van der Waals surface area contributed by atoms with Gasteiger partial charge in [0, 0.05) is 14.1 Å². The van der Waals surface area contributed by atoms with Gasteiger partial charge in [0.15, 0.2) is 5.17 Å². The summed E-state index contributed by atoms with van der Waals surface area (Å²) in [6, 6.07) is 0.412. The van der Waals surface area contributed by atoms with Gasteiger partial charge in [0.25, 0.3) is 0 Å². The van der Waals surface area contributed by atoms with E-state index in [-0.39, 0.29) is 0 Å². The summed E-state index contributed by atoms with van der Waals surface area (Å²) < 4.78 is 0. The highest BCUT2D eigenvalue weighted by Crippen LogP contribution is 2.09. The van der Waals surface area contributed by atoms with Crippen LogP contribution in [0.5, 0.6) is 0 Å². The van der Waals surface area contributed by atoms with Crippen molar-refractivity contribution in [3.8, 4) is 0 Å². The molecular weight excluding hydrogens is 168 g/mol. The van der Waals surface area contributed by atoms with Crippen LogP contribution in [0.25, 0.3) is 0 Å². The molecule has 0 aromatic carbocycles. The van der Waals surface area contributed by atoms with Crippen molar-refractivity contribution in [3.63, 3.8) is 0 Å². The molecule has 0 N–H and O–H groups in total. The lowest BCUT2D eigenvalue weighted by Crippen LogP contribution is -2.21. The average molecular weight is 188 g/mol. The molecule has 3 heteroatoms. The Morgan fingerprint density at radius 1 is 1.25 bits per heavy atom. The minimum absolute atomic E-state index is 0.412. The maximum atomic E-state index is 4.60. The van der Waals surface area contributed by atoms with Gasteiger partial charge in [-0.25, -0.2) is 0 Å². The van der Waals surface area contributed by atoms with E-state index < -0.39 is 0 Å². The SMILES string of the molecule is CSC(=N[C@H](C)C(C)C)N(C)C. The first-order valence-corrected chi connectivity index (χ1v) is 5.50. The number of rotatable bonds is 2. The molecule has 0 unspecified atom stereocenters. The predicted octanol–water partition coefficient (Wildman–Crippen LogP) is 2.31. The molecule has 0 spiro atoms. The summed E-state index contributed by atoms with van der Waals surface area (Å²) in [6.07, 6.45) is 2.06. The zero-order chi connectivity index (χ0) is 9.72. The Kier molecular flexibility index (Phi) is 5.38. The van der Waals surface area contributed by atoms with E-state index in [9.17, 15) is 0 Å². The van der Waals surface area contributed by atoms with Crippen LogP contribution in [0.2, 0.25) is 0 Å². The smallest absolute Gasteiger partial charge is 0.158 e. The van der Waals surface area contributed by atoms with Gasteiger partial charge >= 0.3 is 0 Å². The second kappa shape index (κ2) is 5.46. The highest BCUT2D eigenvalue weighted by Gasteiger charge is 2.07. The largest absolute Gasteiger partial charge is 0.358 e. The lowest BCUT2D eigenvalue weighted by atomic mass is 10.1. The van der Waals surface area contributed by atoms with Crippen molar-refractivity contribution in [1.29, 1.82) is 0 Å². The van der Waals surface area contributed by atoms with Gasteiger partial charge in [-0.1, -0.05) is 25.6 Å². The quantitative estimate of drug-likeness (QED) is 0.488. The molecule has 0 rings (SSSR count). The Morgan fingerprint density at radius 2 is 1.75 bits per heavy atom. The number of aliphatic imine (C=N–C) groups is 1. The second-order valence-electron chi connectivity index (χ2n) is 3.49. The van der Waals surface area contributed by atoms with Crippen molar-refractivity contribution in [2.24, 2.45) is 10.9 Å². The molecular formula is C9H20N2S. The van der Waals surface area contributed by atoms with E-state index in [1.165, 1.54) is 0 Å². The highest BCUT2D eigenvalue weighted by molar-refractivity contribution is 8.13. The van der Waals surface area contributed by atoms with Crippen molar-refractivity contribution in [1.82, 2.24) is 4.90 Å². The summed E-state index contributed by atoms with van der Waals surface area (Å²) in [6.45, 7) is 6.55. The van der Waals surface area contributed by atoms with Crippen molar-refractivity contribution >= 4 is 16.9 Å². The molecule has 72 valence electrons.